The second-order valence-electron chi connectivity index (χ2n) is 7.93. The molecule has 25 heavy (non-hydrogen) atoms. The Hall–Kier alpha value is -1.39. The highest BCUT2D eigenvalue weighted by atomic mass is 16.2. The van der Waals surface area contributed by atoms with Gasteiger partial charge in [0.15, 0.2) is 0 Å². The van der Waals surface area contributed by atoms with Crippen LogP contribution in [0.4, 0.5) is 0 Å². The van der Waals surface area contributed by atoms with Crippen molar-refractivity contribution in [1.82, 2.24) is 9.80 Å². The number of carbonyl (C=O) groups excluding carboxylic acids is 1. The van der Waals surface area contributed by atoms with Gasteiger partial charge in [-0.3, -0.25) is 4.79 Å². The summed E-state index contributed by atoms with van der Waals surface area (Å²) in [6.45, 7) is 6.45. The van der Waals surface area contributed by atoms with Crippen LogP contribution in [0.1, 0.15) is 44.6 Å². The Labute approximate surface area is 152 Å². The maximum atomic E-state index is 12.8. The van der Waals surface area contributed by atoms with E-state index >= 15 is 0 Å². The van der Waals surface area contributed by atoms with Crippen LogP contribution in [0.15, 0.2) is 30.3 Å². The fraction of sp³-hybridized carbons (Fsp3) is 0.667. The molecule has 1 aromatic carbocycles. The molecule has 3 atom stereocenters. The molecule has 2 fully saturated rings. The predicted molar refractivity (Wildman–Crippen MR) is 102 cm³/mol. The lowest BCUT2D eigenvalue weighted by Crippen LogP contribution is -2.51. The first-order valence-electron chi connectivity index (χ1n) is 9.96. The third-order valence-electron chi connectivity index (χ3n) is 5.88. The summed E-state index contributed by atoms with van der Waals surface area (Å²) in [4.78, 5) is 17.4. The quantitative estimate of drug-likeness (QED) is 0.894. The molecule has 0 aliphatic carbocycles. The summed E-state index contributed by atoms with van der Waals surface area (Å²) in [6.07, 6.45) is 6.97. The number of rotatable bonds is 5. The van der Waals surface area contributed by atoms with Crippen molar-refractivity contribution in [2.24, 2.45) is 11.7 Å². The maximum absolute atomic E-state index is 12.8. The van der Waals surface area contributed by atoms with Crippen molar-refractivity contribution >= 4 is 5.91 Å². The van der Waals surface area contributed by atoms with Gasteiger partial charge in [0, 0.05) is 25.7 Å². The smallest absolute Gasteiger partial charge is 0.239 e. The standard InChI is InChI=1S/C21H33N3O/c1-17-8-5-6-12-23(17)15-19-11-7-13-24(16-19)21(25)20(22)14-18-9-3-2-4-10-18/h2-4,9-10,17,19-20H,5-8,11-16,22H2,1H3/t17-,19-,20+/m1/s1. The normalized spacial score (nSPS) is 26.4. The molecule has 1 aromatic rings. The largest absolute Gasteiger partial charge is 0.341 e. The lowest BCUT2D eigenvalue weighted by Gasteiger charge is -2.40. The molecule has 2 aliphatic rings. The van der Waals surface area contributed by atoms with Crippen LogP contribution in [0, 0.1) is 5.92 Å². The Bertz CT molecular complexity index is 547. The lowest BCUT2D eigenvalue weighted by molar-refractivity contribution is -0.134. The molecule has 138 valence electrons. The van der Waals surface area contributed by atoms with E-state index in [1.165, 1.54) is 32.2 Å². The average Bonchev–Trinajstić information content (AvgIpc) is 2.64. The fourth-order valence-corrected chi connectivity index (χ4v) is 4.36. The van der Waals surface area contributed by atoms with Crippen molar-refractivity contribution in [3.05, 3.63) is 35.9 Å². The molecule has 2 heterocycles. The van der Waals surface area contributed by atoms with Gasteiger partial charge >= 0.3 is 0 Å². The number of carbonyl (C=O) groups is 1. The second kappa shape index (κ2) is 8.81. The number of nitrogens with two attached hydrogens (primary N) is 1. The summed E-state index contributed by atoms with van der Waals surface area (Å²) in [5, 5.41) is 0. The predicted octanol–water partition coefficient (Wildman–Crippen LogP) is 2.67. The van der Waals surface area contributed by atoms with E-state index in [1.54, 1.807) is 0 Å². The van der Waals surface area contributed by atoms with E-state index in [4.69, 9.17) is 5.73 Å². The van der Waals surface area contributed by atoms with Gasteiger partial charge in [0.05, 0.1) is 6.04 Å². The van der Waals surface area contributed by atoms with Crippen molar-refractivity contribution in [2.75, 3.05) is 26.2 Å². The van der Waals surface area contributed by atoms with E-state index in [2.05, 4.69) is 11.8 Å². The summed E-state index contributed by atoms with van der Waals surface area (Å²) in [5.41, 5.74) is 7.37. The minimum Gasteiger partial charge on any atom is -0.341 e. The number of benzene rings is 1. The van der Waals surface area contributed by atoms with E-state index in [9.17, 15) is 4.79 Å². The molecular weight excluding hydrogens is 310 g/mol. The third-order valence-corrected chi connectivity index (χ3v) is 5.88. The van der Waals surface area contributed by atoms with E-state index in [0.29, 0.717) is 18.4 Å². The molecule has 2 saturated heterocycles. The van der Waals surface area contributed by atoms with Gasteiger partial charge in [0.1, 0.15) is 0 Å². The van der Waals surface area contributed by atoms with E-state index in [-0.39, 0.29) is 5.91 Å². The summed E-state index contributed by atoms with van der Waals surface area (Å²) in [6, 6.07) is 10.4. The van der Waals surface area contributed by atoms with Gasteiger partial charge in [-0.05, 0) is 57.1 Å². The van der Waals surface area contributed by atoms with Gasteiger partial charge in [-0.1, -0.05) is 36.8 Å². The molecule has 0 saturated carbocycles. The first kappa shape index (κ1) is 18.4. The van der Waals surface area contributed by atoms with Crippen LogP contribution in [-0.2, 0) is 11.2 Å². The number of nitrogens with zero attached hydrogens (tertiary/aromatic N) is 2. The molecule has 1 amide bonds. The fourth-order valence-electron chi connectivity index (χ4n) is 4.36. The molecule has 0 unspecified atom stereocenters. The van der Waals surface area contributed by atoms with Crippen LogP contribution in [0.5, 0.6) is 0 Å². The molecule has 3 rings (SSSR count). The molecule has 2 N–H and O–H groups in total. The van der Waals surface area contributed by atoms with E-state index < -0.39 is 6.04 Å². The Morgan fingerprint density at radius 3 is 2.72 bits per heavy atom. The van der Waals surface area contributed by atoms with Crippen LogP contribution >= 0.6 is 0 Å². The zero-order chi connectivity index (χ0) is 17.6. The highest BCUT2D eigenvalue weighted by Gasteiger charge is 2.29. The molecule has 0 aromatic heterocycles. The summed E-state index contributed by atoms with van der Waals surface area (Å²) in [5.74, 6) is 0.724. The van der Waals surface area contributed by atoms with E-state index in [1.807, 2.05) is 35.2 Å². The van der Waals surface area contributed by atoms with Crippen LogP contribution in [0.3, 0.4) is 0 Å². The highest BCUT2D eigenvalue weighted by Crippen LogP contribution is 2.23. The van der Waals surface area contributed by atoms with Crippen LogP contribution in [-0.4, -0.2) is 54.0 Å². The number of amides is 1. The van der Waals surface area contributed by atoms with Crippen LogP contribution in [0.2, 0.25) is 0 Å². The zero-order valence-electron chi connectivity index (χ0n) is 15.6. The molecule has 0 bridgehead atoms. The molecule has 2 aliphatic heterocycles. The first-order valence-corrected chi connectivity index (χ1v) is 9.96. The molecular formula is C21H33N3O. The zero-order valence-corrected chi connectivity index (χ0v) is 15.6. The van der Waals surface area contributed by atoms with Gasteiger partial charge in [0.25, 0.3) is 0 Å². The van der Waals surface area contributed by atoms with Gasteiger partial charge < -0.3 is 15.5 Å². The Kier molecular flexibility index (Phi) is 6.49. The van der Waals surface area contributed by atoms with Gasteiger partial charge in [-0.15, -0.1) is 0 Å². The van der Waals surface area contributed by atoms with Gasteiger partial charge in [-0.2, -0.15) is 0 Å². The van der Waals surface area contributed by atoms with Crippen molar-refractivity contribution in [2.45, 2.75) is 57.5 Å². The average molecular weight is 344 g/mol. The second-order valence-corrected chi connectivity index (χ2v) is 7.93. The van der Waals surface area contributed by atoms with E-state index in [0.717, 1.165) is 31.6 Å². The maximum Gasteiger partial charge on any atom is 0.239 e. The number of likely N-dealkylation sites (tertiary alicyclic amines) is 2. The topological polar surface area (TPSA) is 49.6 Å². The summed E-state index contributed by atoms with van der Waals surface area (Å²) >= 11 is 0. The Morgan fingerprint density at radius 1 is 1.16 bits per heavy atom. The number of piperidine rings is 2. The summed E-state index contributed by atoms with van der Waals surface area (Å²) in [7, 11) is 0. The van der Waals surface area contributed by atoms with Crippen molar-refractivity contribution < 1.29 is 4.79 Å². The monoisotopic (exact) mass is 343 g/mol. The Morgan fingerprint density at radius 2 is 1.96 bits per heavy atom. The van der Waals surface area contributed by atoms with Crippen molar-refractivity contribution in [1.29, 1.82) is 0 Å². The lowest BCUT2D eigenvalue weighted by atomic mass is 9.94. The minimum atomic E-state index is -0.421. The molecule has 4 heteroatoms. The SMILES string of the molecule is C[C@@H]1CCCCN1C[C@H]1CCCN(C(=O)[C@@H](N)Cc2ccccc2)C1. The third kappa shape index (κ3) is 5.05. The van der Waals surface area contributed by atoms with Crippen LogP contribution in [0.25, 0.3) is 0 Å². The Balaban J connectivity index is 1.52. The number of hydrogen-bond acceptors (Lipinski definition) is 3. The number of hydrogen-bond donors (Lipinski definition) is 1. The van der Waals surface area contributed by atoms with Gasteiger partial charge in [0.2, 0.25) is 5.91 Å². The highest BCUT2D eigenvalue weighted by molar-refractivity contribution is 5.82. The van der Waals surface area contributed by atoms with Crippen LogP contribution < -0.4 is 5.73 Å². The first-order chi connectivity index (χ1) is 12.1. The van der Waals surface area contributed by atoms with Gasteiger partial charge in [-0.25, -0.2) is 0 Å². The molecule has 4 nitrogen and oxygen atoms in total. The summed E-state index contributed by atoms with van der Waals surface area (Å²) < 4.78 is 0. The van der Waals surface area contributed by atoms with Crippen molar-refractivity contribution in [3.63, 3.8) is 0 Å². The molecule has 0 spiro atoms. The van der Waals surface area contributed by atoms with Crippen molar-refractivity contribution in [3.8, 4) is 0 Å². The molecule has 0 radical (unpaired) electrons. The minimum absolute atomic E-state index is 0.125.